The summed E-state index contributed by atoms with van der Waals surface area (Å²) in [4.78, 5) is 3.98. The van der Waals surface area contributed by atoms with Crippen molar-refractivity contribution < 1.29 is 8.42 Å². The summed E-state index contributed by atoms with van der Waals surface area (Å²) in [5.41, 5.74) is 1.57. The number of hydrogen-bond donors (Lipinski definition) is 1. The molecule has 2 N–H and O–H groups in total. The maximum atomic E-state index is 10.7. The molecule has 0 atom stereocenters. The molecule has 4 nitrogen and oxygen atoms in total. The van der Waals surface area contributed by atoms with Crippen LogP contribution in [0.2, 0.25) is 0 Å². The Morgan fingerprint density at radius 3 is 2.54 bits per heavy atom. The van der Waals surface area contributed by atoms with Crippen molar-refractivity contribution in [3.8, 4) is 0 Å². The lowest BCUT2D eigenvalue weighted by atomic mass is 10.2. The molecule has 13 heavy (non-hydrogen) atoms. The second kappa shape index (κ2) is 3.85. The molecule has 0 fully saturated rings. The van der Waals surface area contributed by atoms with Crippen LogP contribution in [0.4, 0.5) is 0 Å². The van der Waals surface area contributed by atoms with E-state index in [1.165, 1.54) is 0 Å². The molecule has 5 heteroatoms. The van der Waals surface area contributed by atoms with Crippen LogP contribution in [0.25, 0.3) is 0 Å². The van der Waals surface area contributed by atoms with E-state index < -0.39 is 10.0 Å². The smallest absolute Gasteiger partial charge is 0.214 e. The third-order valence-electron chi connectivity index (χ3n) is 1.64. The van der Waals surface area contributed by atoms with Crippen molar-refractivity contribution in [3.63, 3.8) is 0 Å². The van der Waals surface area contributed by atoms with Gasteiger partial charge in [0, 0.05) is 6.20 Å². The molecule has 1 aromatic heterocycles. The van der Waals surface area contributed by atoms with Crippen molar-refractivity contribution in [2.24, 2.45) is 5.14 Å². The highest BCUT2D eigenvalue weighted by Crippen LogP contribution is 2.03. The molecule has 1 aromatic rings. The van der Waals surface area contributed by atoms with Crippen molar-refractivity contribution >= 4 is 10.0 Å². The van der Waals surface area contributed by atoms with Gasteiger partial charge in [0.2, 0.25) is 10.0 Å². The number of aryl methyl sites for hydroxylation is 1. The Bertz CT molecular complexity index is 370. The van der Waals surface area contributed by atoms with Gasteiger partial charge in [-0.15, -0.1) is 0 Å². The normalized spacial score (nSPS) is 11.5. The summed E-state index contributed by atoms with van der Waals surface area (Å²) in [5.74, 6) is -0.197. The average molecular weight is 200 g/mol. The van der Waals surface area contributed by atoms with Crippen LogP contribution in [0.3, 0.4) is 0 Å². The number of aromatic nitrogens is 1. The summed E-state index contributed by atoms with van der Waals surface area (Å²) >= 11 is 0. The van der Waals surface area contributed by atoms with Crippen LogP contribution in [-0.2, 0) is 22.2 Å². The van der Waals surface area contributed by atoms with E-state index in [-0.39, 0.29) is 5.75 Å². The van der Waals surface area contributed by atoms with Gasteiger partial charge in [0.1, 0.15) is 5.75 Å². The van der Waals surface area contributed by atoms with Crippen molar-refractivity contribution in [1.29, 1.82) is 0 Å². The molecule has 0 amide bonds. The van der Waals surface area contributed by atoms with Gasteiger partial charge < -0.3 is 0 Å². The highest BCUT2D eigenvalue weighted by Gasteiger charge is 2.05. The molecule has 0 radical (unpaired) electrons. The van der Waals surface area contributed by atoms with Crippen molar-refractivity contribution in [1.82, 2.24) is 4.98 Å². The van der Waals surface area contributed by atoms with Crippen molar-refractivity contribution in [2.75, 3.05) is 0 Å². The number of hydrogen-bond acceptors (Lipinski definition) is 3. The van der Waals surface area contributed by atoms with E-state index in [0.717, 1.165) is 12.0 Å². The minimum absolute atomic E-state index is 0.197. The molecule has 0 aromatic carbocycles. The maximum Gasteiger partial charge on any atom is 0.214 e. The standard InChI is InChI=1S/C8H12N2O2S/c1-2-7-3-4-8(10-5-7)6-13(9,11)12/h3-5H,2,6H2,1H3,(H2,9,11,12). The highest BCUT2D eigenvalue weighted by atomic mass is 32.2. The van der Waals surface area contributed by atoms with Crippen LogP contribution in [0, 0.1) is 0 Å². The molecule has 0 aliphatic rings. The largest absolute Gasteiger partial charge is 0.260 e. The Balaban J connectivity index is 2.81. The maximum absolute atomic E-state index is 10.7. The average Bonchev–Trinajstić information content (AvgIpc) is 2.03. The zero-order valence-electron chi connectivity index (χ0n) is 7.40. The number of nitrogens with zero attached hydrogens (tertiary/aromatic N) is 1. The zero-order chi connectivity index (χ0) is 9.90. The summed E-state index contributed by atoms with van der Waals surface area (Å²) in [6.07, 6.45) is 2.56. The highest BCUT2D eigenvalue weighted by molar-refractivity contribution is 7.88. The van der Waals surface area contributed by atoms with Crippen LogP contribution in [0.1, 0.15) is 18.2 Å². The van der Waals surface area contributed by atoms with Crippen LogP contribution < -0.4 is 5.14 Å². The first-order valence-electron chi connectivity index (χ1n) is 3.95. The van der Waals surface area contributed by atoms with Gasteiger partial charge in [-0.3, -0.25) is 4.98 Å². The first-order chi connectivity index (χ1) is 6.01. The Morgan fingerprint density at radius 1 is 1.46 bits per heavy atom. The Kier molecular flexibility index (Phi) is 3.00. The SMILES string of the molecule is CCc1ccc(CS(N)(=O)=O)nc1. The monoisotopic (exact) mass is 200 g/mol. The van der Waals surface area contributed by atoms with Crippen molar-refractivity contribution in [3.05, 3.63) is 29.6 Å². The van der Waals surface area contributed by atoms with E-state index in [2.05, 4.69) is 4.98 Å². The Hall–Kier alpha value is -0.940. The summed E-state index contributed by atoms with van der Waals surface area (Å²) in [6, 6.07) is 3.54. The van der Waals surface area contributed by atoms with E-state index >= 15 is 0 Å². The van der Waals surface area contributed by atoms with Gasteiger partial charge in [-0.25, -0.2) is 13.6 Å². The molecule has 72 valence electrons. The van der Waals surface area contributed by atoms with E-state index in [4.69, 9.17) is 5.14 Å². The third kappa shape index (κ3) is 3.52. The molecule has 1 rings (SSSR count). The van der Waals surface area contributed by atoms with E-state index in [1.54, 1.807) is 12.3 Å². The summed E-state index contributed by atoms with van der Waals surface area (Å²) in [7, 11) is -3.46. The predicted molar refractivity (Wildman–Crippen MR) is 50.4 cm³/mol. The fourth-order valence-electron chi connectivity index (χ4n) is 0.956. The first-order valence-corrected chi connectivity index (χ1v) is 5.67. The molecule has 0 spiro atoms. The lowest BCUT2D eigenvalue weighted by Gasteiger charge is -1.99. The number of primary sulfonamides is 1. The molecule has 0 saturated carbocycles. The fourth-order valence-corrected chi connectivity index (χ4v) is 1.54. The lowest BCUT2D eigenvalue weighted by molar-refractivity contribution is 0.596. The predicted octanol–water partition coefficient (Wildman–Crippen LogP) is 0.432. The molecular formula is C8H12N2O2S. The second-order valence-electron chi connectivity index (χ2n) is 2.82. The molecular weight excluding hydrogens is 188 g/mol. The van der Waals surface area contributed by atoms with Gasteiger partial charge in [-0.1, -0.05) is 13.0 Å². The quantitative estimate of drug-likeness (QED) is 0.769. The van der Waals surface area contributed by atoms with E-state index in [9.17, 15) is 8.42 Å². The second-order valence-corrected chi connectivity index (χ2v) is 4.43. The lowest BCUT2D eigenvalue weighted by Crippen LogP contribution is -2.15. The van der Waals surface area contributed by atoms with Crippen LogP contribution in [-0.4, -0.2) is 13.4 Å². The van der Waals surface area contributed by atoms with Gasteiger partial charge in [-0.2, -0.15) is 0 Å². The summed E-state index contributed by atoms with van der Waals surface area (Å²) < 4.78 is 21.4. The summed E-state index contributed by atoms with van der Waals surface area (Å²) in [6.45, 7) is 2.01. The molecule has 0 unspecified atom stereocenters. The molecule has 0 saturated heterocycles. The minimum atomic E-state index is -3.46. The zero-order valence-corrected chi connectivity index (χ0v) is 8.21. The Morgan fingerprint density at radius 2 is 2.15 bits per heavy atom. The number of sulfonamides is 1. The Labute approximate surface area is 77.8 Å². The van der Waals surface area contributed by atoms with Crippen LogP contribution in [0.15, 0.2) is 18.3 Å². The van der Waals surface area contributed by atoms with Crippen molar-refractivity contribution in [2.45, 2.75) is 19.1 Å². The van der Waals surface area contributed by atoms with Crippen LogP contribution >= 0.6 is 0 Å². The molecule has 0 aliphatic carbocycles. The van der Waals surface area contributed by atoms with Gasteiger partial charge >= 0.3 is 0 Å². The number of rotatable bonds is 3. The molecule has 0 bridgehead atoms. The number of nitrogens with two attached hydrogens (primary N) is 1. The first kappa shape index (κ1) is 10.1. The fraction of sp³-hybridized carbons (Fsp3) is 0.375. The molecule has 1 heterocycles. The third-order valence-corrected chi connectivity index (χ3v) is 2.34. The van der Waals surface area contributed by atoms with Gasteiger partial charge in [0.25, 0.3) is 0 Å². The van der Waals surface area contributed by atoms with Gasteiger partial charge in [-0.05, 0) is 18.1 Å². The minimum Gasteiger partial charge on any atom is -0.260 e. The summed E-state index contributed by atoms with van der Waals surface area (Å²) in [5, 5.41) is 4.87. The topological polar surface area (TPSA) is 73.1 Å². The molecule has 0 aliphatic heterocycles. The van der Waals surface area contributed by atoms with Gasteiger partial charge in [0.05, 0.1) is 5.69 Å². The van der Waals surface area contributed by atoms with E-state index in [1.807, 2.05) is 13.0 Å². The van der Waals surface area contributed by atoms with Crippen LogP contribution in [0.5, 0.6) is 0 Å². The van der Waals surface area contributed by atoms with Gasteiger partial charge in [0.15, 0.2) is 0 Å². The number of pyridine rings is 1. The van der Waals surface area contributed by atoms with E-state index in [0.29, 0.717) is 5.69 Å².